The molecule has 5 nitrogen and oxygen atoms in total. The summed E-state index contributed by atoms with van der Waals surface area (Å²) in [5.74, 6) is 2.38. The minimum absolute atomic E-state index is 0.441. The average molecular weight is 290 g/mol. The molecular weight excluding hydrogens is 264 g/mol. The summed E-state index contributed by atoms with van der Waals surface area (Å²) in [6, 6.07) is 2.76. The van der Waals surface area contributed by atoms with E-state index in [2.05, 4.69) is 39.9 Å². The van der Waals surface area contributed by atoms with Crippen molar-refractivity contribution in [2.45, 2.75) is 38.1 Å². The fraction of sp³-hybridized carbons (Fsp3) is 0.750. The molecule has 1 aromatic heterocycles. The number of nitrogens with zero attached hydrogens (tertiary/aromatic N) is 4. The van der Waals surface area contributed by atoms with E-state index in [1.807, 2.05) is 6.92 Å². The minimum Gasteiger partial charge on any atom is -0.381 e. The number of piperidine rings is 1. The molecule has 0 aromatic carbocycles. The van der Waals surface area contributed by atoms with Crippen LogP contribution in [0.25, 0.3) is 0 Å². The summed E-state index contributed by atoms with van der Waals surface area (Å²) in [5, 5.41) is 0. The molecule has 0 amide bonds. The second kappa shape index (κ2) is 6.28. The smallest absolute Gasteiger partial charge is 0.132 e. The van der Waals surface area contributed by atoms with Crippen LogP contribution in [-0.4, -0.2) is 61.3 Å². The summed E-state index contributed by atoms with van der Waals surface area (Å²) in [4.78, 5) is 14.0. The highest BCUT2D eigenvalue weighted by molar-refractivity contribution is 5.41. The first kappa shape index (κ1) is 14.7. The van der Waals surface area contributed by atoms with Crippen LogP contribution in [0.15, 0.2) is 6.07 Å². The van der Waals surface area contributed by atoms with Crippen molar-refractivity contribution in [1.82, 2.24) is 14.9 Å². The van der Waals surface area contributed by atoms with Crippen LogP contribution in [0.2, 0.25) is 0 Å². The summed E-state index contributed by atoms with van der Waals surface area (Å²) in [5.41, 5.74) is 1.15. The van der Waals surface area contributed by atoms with Gasteiger partial charge >= 0.3 is 0 Å². The molecular formula is C16H26N4O. The number of likely N-dealkylation sites (tertiary alicyclic amines) is 1. The molecule has 0 spiro atoms. The SMILES string of the molecule is Cc1nc([C@@H]2CCOC2)cc(N(C)C2CCN(C)CC2)n1. The molecule has 0 radical (unpaired) electrons. The van der Waals surface area contributed by atoms with Crippen LogP contribution in [0.5, 0.6) is 0 Å². The van der Waals surface area contributed by atoms with Gasteiger partial charge in [-0.25, -0.2) is 9.97 Å². The standard InChI is InChI=1S/C16H26N4O/c1-12-17-15(13-6-9-21-11-13)10-16(18-12)20(3)14-4-7-19(2)8-5-14/h10,13-14H,4-9,11H2,1-3H3/t13-/m1/s1. The van der Waals surface area contributed by atoms with E-state index in [1.165, 1.54) is 25.9 Å². The Labute approximate surface area is 127 Å². The molecule has 0 N–H and O–H groups in total. The van der Waals surface area contributed by atoms with Gasteiger partial charge in [-0.1, -0.05) is 0 Å². The fourth-order valence-corrected chi connectivity index (χ4v) is 3.30. The number of ether oxygens (including phenoxy) is 1. The van der Waals surface area contributed by atoms with E-state index in [0.29, 0.717) is 12.0 Å². The Balaban J connectivity index is 1.77. The number of aromatic nitrogens is 2. The molecule has 3 rings (SSSR count). The lowest BCUT2D eigenvalue weighted by Crippen LogP contribution is -2.42. The van der Waals surface area contributed by atoms with Crippen LogP contribution < -0.4 is 4.90 Å². The van der Waals surface area contributed by atoms with Gasteiger partial charge in [0.25, 0.3) is 0 Å². The van der Waals surface area contributed by atoms with Crippen LogP contribution in [0, 0.1) is 6.92 Å². The van der Waals surface area contributed by atoms with Crippen molar-refractivity contribution < 1.29 is 4.74 Å². The lowest BCUT2D eigenvalue weighted by molar-refractivity contribution is 0.193. The maximum atomic E-state index is 5.50. The van der Waals surface area contributed by atoms with Crippen molar-refractivity contribution in [3.8, 4) is 0 Å². The number of rotatable bonds is 3. The Morgan fingerprint density at radius 1 is 1.24 bits per heavy atom. The normalized spacial score (nSPS) is 24.4. The van der Waals surface area contributed by atoms with E-state index in [4.69, 9.17) is 4.74 Å². The van der Waals surface area contributed by atoms with Gasteiger partial charge in [-0.15, -0.1) is 0 Å². The largest absolute Gasteiger partial charge is 0.381 e. The second-order valence-corrected chi connectivity index (χ2v) is 6.40. The van der Waals surface area contributed by atoms with Crippen molar-refractivity contribution in [1.29, 1.82) is 0 Å². The predicted molar refractivity (Wildman–Crippen MR) is 83.9 cm³/mol. The molecule has 0 saturated carbocycles. The molecule has 2 aliphatic heterocycles. The van der Waals surface area contributed by atoms with Crippen molar-refractivity contribution in [3.63, 3.8) is 0 Å². The van der Waals surface area contributed by atoms with Crippen LogP contribution in [-0.2, 0) is 4.74 Å². The topological polar surface area (TPSA) is 41.5 Å². The number of anilines is 1. The van der Waals surface area contributed by atoms with Gasteiger partial charge in [-0.3, -0.25) is 0 Å². The van der Waals surface area contributed by atoms with Crippen LogP contribution in [0.4, 0.5) is 5.82 Å². The molecule has 116 valence electrons. The number of aryl methyl sites for hydroxylation is 1. The highest BCUT2D eigenvalue weighted by atomic mass is 16.5. The van der Waals surface area contributed by atoms with Crippen LogP contribution in [0.1, 0.15) is 36.7 Å². The van der Waals surface area contributed by atoms with E-state index in [9.17, 15) is 0 Å². The highest BCUT2D eigenvalue weighted by Crippen LogP contribution is 2.27. The number of hydrogen-bond donors (Lipinski definition) is 0. The molecule has 0 aliphatic carbocycles. The lowest BCUT2D eigenvalue weighted by atomic mass is 10.0. The van der Waals surface area contributed by atoms with E-state index in [-0.39, 0.29) is 0 Å². The maximum absolute atomic E-state index is 5.50. The van der Waals surface area contributed by atoms with Gasteiger partial charge in [0.05, 0.1) is 12.3 Å². The first-order valence-electron chi connectivity index (χ1n) is 7.98. The molecule has 2 aliphatic rings. The molecule has 0 unspecified atom stereocenters. The van der Waals surface area contributed by atoms with E-state index < -0.39 is 0 Å². The zero-order valence-corrected chi connectivity index (χ0v) is 13.4. The average Bonchev–Trinajstić information content (AvgIpc) is 3.01. The summed E-state index contributed by atoms with van der Waals surface area (Å²) >= 11 is 0. The molecule has 21 heavy (non-hydrogen) atoms. The maximum Gasteiger partial charge on any atom is 0.132 e. The Bertz CT molecular complexity index is 479. The molecule has 3 heterocycles. The summed E-state index contributed by atoms with van der Waals surface area (Å²) in [7, 11) is 4.37. The summed E-state index contributed by atoms with van der Waals surface area (Å²) in [6.45, 7) is 5.98. The lowest BCUT2D eigenvalue weighted by Gasteiger charge is -2.36. The Kier molecular flexibility index (Phi) is 4.40. The van der Waals surface area contributed by atoms with Crippen molar-refractivity contribution in [3.05, 3.63) is 17.6 Å². The van der Waals surface area contributed by atoms with Gasteiger partial charge in [-0.2, -0.15) is 0 Å². The van der Waals surface area contributed by atoms with Crippen LogP contribution >= 0.6 is 0 Å². The van der Waals surface area contributed by atoms with Gasteiger partial charge in [0.2, 0.25) is 0 Å². The third kappa shape index (κ3) is 3.35. The Morgan fingerprint density at radius 3 is 2.67 bits per heavy atom. The highest BCUT2D eigenvalue weighted by Gasteiger charge is 2.24. The van der Waals surface area contributed by atoms with E-state index in [1.54, 1.807) is 0 Å². The third-order valence-corrected chi connectivity index (χ3v) is 4.79. The molecule has 0 bridgehead atoms. The van der Waals surface area contributed by atoms with Crippen molar-refractivity contribution >= 4 is 5.82 Å². The van der Waals surface area contributed by atoms with E-state index >= 15 is 0 Å². The third-order valence-electron chi connectivity index (χ3n) is 4.79. The predicted octanol–water partition coefficient (Wildman–Crippen LogP) is 1.82. The second-order valence-electron chi connectivity index (χ2n) is 6.40. The molecule has 5 heteroatoms. The number of hydrogen-bond acceptors (Lipinski definition) is 5. The minimum atomic E-state index is 0.441. The first-order valence-corrected chi connectivity index (χ1v) is 7.98. The monoisotopic (exact) mass is 290 g/mol. The fourth-order valence-electron chi connectivity index (χ4n) is 3.30. The van der Waals surface area contributed by atoms with Gasteiger partial charge < -0.3 is 14.5 Å². The first-order chi connectivity index (χ1) is 10.1. The van der Waals surface area contributed by atoms with Gasteiger partial charge in [0.1, 0.15) is 11.6 Å². The molecule has 2 saturated heterocycles. The molecule has 2 fully saturated rings. The van der Waals surface area contributed by atoms with E-state index in [0.717, 1.165) is 37.0 Å². The van der Waals surface area contributed by atoms with Gasteiger partial charge in [0, 0.05) is 31.7 Å². The molecule has 1 atom stereocenters. The summed E-state index contributed by atoms with van der Waals surface area (Å²) < 4.78 is 5.50. The summed E-state index contributed by atoms with van der Waals surface area (Å²) in [6.07, 6.45) is 3.49. The van der Waals surface area contributed by atoms with Crippen molar-refractivity contribution in [2.24, 2.45) is 0 Å². The quantitative estimate of drug-likeness (QED) is 0.849. The zero-order valence-electron chi connectivity index (χ0n) is 13.4. The Morgan fingerprint density at radius 2 is 2.00 bits per heavy atom. The zero-order chi connectivity index (χ0) is 14.8. The molecule has 1 aromatic rings. The Hall–Kier alpha value is -1.20. The van der Waals surface area contributed by atoms with Gasteiger partial charge in [0.15, 0.2) is 0 Å². The van der Waals surface area contributed by atoms with Gasteiger partial charge in [-0.05, 0) is 46.3 Å². The van der Waals surface area contributed by atoms with Crippen molar-refractivity contribution in [2.75, 3.05) is 45.3 Å². The van der Waals surface area contributed by atoms with Crippen LogP contribution in [0.3, 0.4) is 0 Å².